The van der Waals surface area contributed by atoms with Gasteiger partial charge in [0.15, 0.2) is 0 Å². The Morgan fingerprint density at radius 1 is 1.57 bits per heavy atom. The van der Waals surface area contributed by atoms with Crippen molar-refractivity contribution in [2.24, 2.45) is 0 Å². The van der Waals surface area contributed by atoms with Crippen LogP contribution >= 0.6 is 0 Å². The van der Waals surface area contributed by atoms with Gasteiger partial charge in [-0.2, -0.15) is 0 Å². The van der Waals surface area contributed by atoms with Gasteiger partial charge in [0.1, 0.15) is 0 Å². The summed E-state index contributed by atoms with van der Waals surface area (Å²) >= 11 is 0. The van der Waals surface area contributed by atoms with Gasteiger partial charge in [-0.25, -0.2) is 8.78 Å². The molecule has 0 amide bonds. The second kappa shape index (κ2) is 2.19. The topological polar surface area (TPSA) is 0 Å². The fourth-order valence-electron chi connectivity index (χ4n) is 0.135. The molecule has 3 heteroatoms. The third kappa shape index (κ3) is 5.79. The van der Waals surface area contributed by atoms with Crippen LogP contribution in [0.1, 0.15) is 6.92 Å². The van der Waals surface area contributed by atoms with Gasteiger partial charge < -0.3 is 0 Å². The van der Waals surface area contributed by atoms with Crippen LogP contribution in [0.2, 0.25) is 0 Å². The average Bonchev–Trinajstić information content (AvgIpc) is 1.30. The van der Waals surface area contributed by atoms with E-state index in [1.165, 1.54) is 0 Å². The van der Waals surface area contributed by atoms with Gasteiger partial charge >= 0.3 is 0 Å². The first kappa shape index (κ1) is 6.79. The van der Waals surface area contributed by atoms with E-state index >= 15 is 0 Å². The van der Waals surface area contributed by atoms with Gasteiger partial charge in [0, 0.05) is 0 Å². The Morgan fingerprint density at radius 3 is 2.00 bits per heavy atom. The van der Waals surface area contributed by atoms with Crippen LogP contribution < -0.4 is 0 Å². The maximum absolute atomic E-state index is 11.4. The summed E-state index contributed by atoms with van der Waals surface area (Å²) < 4.78 is 33.8. The number of rotatable bonds is 2. The molecular weight excluding hydrogens is 105 g/mol. The molecule has 0 spiro atoms. The molecule has 0 aromatic rings. The molecule has 0 nitrogen and oxygen atoms in total. The summed E-state index contributed by atoms with van der Waals surface area (Å²) in [5.74, 6) is -2.95. The zero-order valence-corrected chi connectivity index (χ0v) is 3.92. The lowest BCUT2D eigenvalue weighted by Gasteiger charge is -2.03. The Balaban J connectivity index is 3.15. The summed E-state index contributed by atoms with van der Waals surface area (Å²) in [5.41, 5.74) is 0. The van der Waals surface area contributed by atoms with Crippen molar-refractivity contribution in [3.63, 3.8) is 0 Å². The molecule has 0 saturated heterocycles. The molecule has 0 aliphatic rings. The van der Waals surface area contributed by atoms with Crippen molar-refractivity contribution in [1.29, 1.82) is 0 Å². The molecule has 7 heavy (non-hydrogen) atoms. The van der Waals surface area contributed by atoms with E-state index in [1.54, 1.807) is 0 Å². The highest BCUT2D eigenvalue weighted by Gasteiger charge is 2.19. The molecular formula is C4H6F3. The molecule has 0 N–H and O–H groups in total. The van der Waals surface area contributed by atoms with E-state index in [0.717, 1.165) is 0 Å². The first-order valence-corrected chi connectivity index (χ1v) is 1.84. The maximum atomic E-state index is 11.4. The lowest BCUT2D eigenvalue weighted by Crippen LogP contribution is -2.10. The van der Waals surface area contributed by atoms with Crippen LogP contribution in [0.15, 0.2) is 0 Å². The Kier molecular flexibility index (Phi) is 2.12. The minimum absolute atomic E-state index is 0.312. The molecule has 0 aliphatic carbocycles. The monoisotopic (exact) mass is 111 g/mol. The van der Waals surface area contributed by atoms with Crippen LogP contribution in [0.25, 0.3) is 0 Å². The smallest absolute Gasteiger partial charge is 0.251 e. The van der Waals surface area contributed by atoms with E-state index in [9.17, 15) is 13.2 Å². The zero-order chi connectivity index (χ0) is 5.91. The van der Waals surface area contributed by atoms with E-state index in [0.29, 0.717) is 13.3 Å². The lowest BCUT2D eigenvalue weighted by atomic mass is 10.3. The SMILES string of the molecule is CC(F)(F)[CH]CF. The fraction of sp³-hybridized carbons (Fsp3) is 0.750. The third-order valence-corrected chi connectivity index (χ3v) is 0.436. The molecule has 0 rings (SSSR count). The highest BCUT2D eigenvalue weighted by atomic mass is 19.3. The second-order valence-electron chi connectivity index (χ2n) is 1.31. The maximum Gasteiger partial charge on any atom is 0.251 e. The largest absolute Gasteiger partial charge is 0.251 e. The van der Waals surface area contributed by atoms with Gasteiger partial charge in [0.25, 0.3) is 5.92 Å². The van der Waals surface area contributed by atoms with E-state index in [2.05, 4.69) is 0 Å². The number of alkyl halides is 3. The Bertz CT molecular complexity index is 45.4. The zero-order valence-electron chi connectivity index (χ0n) is 3.92. The highest BCUT2D eigenvalue weighted by molar-refractivity contribution is 4.77. The van der Waals surface area contributed by atoms with Gasteiger partial charge in [-0.3, -0.25) is 4.39 Å². The summed E-state index contributed by atoms with van der Waals surface area (Å²) in [5, 5.41) is 0. The van der Waals surface area contributed by atoms with Crippen LogP contribution in [-0.4, -0.2) is 12.6 Å². The molecule has 1 radical (unpaired) electrons. The summed E-state index contributed by atoms with van der Waals surface area (Å²) in [6.07, 6.45) is 0.312. The Hall–Kier alpha value is -0.210. The van der Waals surface area contributed by atoms with Gasteiger partial charge in [0.05, 0.1) is 13.1 Å². The molecule has 0 atom stereocenters. The summed E-state index contributed by atoms with van der Waals surface area (Å²) in [4.78, 5) is 0. The number of halogens is 3. The summed E-state index contributed by atoms with van der Waals surface area (Å²) in [7, 11) is 0. The Labute approximate surface area is 40.3 Å². The lowest BCUT2D eigenvalue weighted by molar-refractivity contribution is 0.0522. The Morgan fingerprint density at radius 2 is 2.00 bits per heavy atom. The van der Waals surface area contributed by atoms with E-state index in [-0.39, 0.29) is 0 Å². The van der Waals surface area contributed by atoms with Crippen molar-refractivity contribution in [3.8, 4) is 0 Å². The van der Waals surface area contributed by atoms with Gasteiger partial charge in [-0.15, -0.1) is 0 Å². The number of hydrogen-bond acceptors (Lipinski definition) is 0. The van der Waals surface area contributed by atoms with Crippen LogP contribution in [0.4, 0.5) is 13.2 Å². The van der Waals surface area contributed by atoms with Crippen molar-refractivity contribution in [3.05, 3.63) is 6.42 Å². The standard InChI is InChI=1S/C4H6F3/c1-4(6,7)2-3-5/h2H,3H2,1H3. The van der Waals surface area contributed by atoms with Crippen molar-refractivity contribution in [1.82, 2.24) is 0 Å². The van der Waals surface area contributed by atoms with Crippen LogP contribution in [0, 0.1) is 6.42 Å². The predicted molar refractivity (Wildman–Crippen MR) is 20.9 cm³/mol. The fourth-order valence-corrected chi connectivity index (χ4v) is 0.135. The quantitative estimate of drug-likeness (QED) is 0.509. The van der Waals surface area contributed by atoms with Crippen molar-refractivity contribution >= 4 is 0 Å². The molecule has 0 heterocycles. The molecule has 43 valence electrons. The van der Waals surface area contributed by atoms with Crippen molar-refractivity contribution < 1.29 is 13.2 Å². The van der Waals surface area contributed by atoms with Crippen LogP contribution in [0.3, 0.4) is 0 Å². The third-order valence-electron chi connectivity index (χ3n) is 0.436. The second-order valence-corrected chi connectivity index (χ2v) is 1.31. The first-order chi connectivity index (χ1) is 3.06. The molecule has 0 aliphatic heterocycles. The predicted octanol–water partition coefficient (Wildman–Crippen LogP) is 1.82. The average molecular weight is 111 g/mol. The van der Waals surface area contributed by atoms with Crippen LogP contribution in [-0.2, 0) is 0 Å². The molecule has 0 aromatic heterocycles. The van der Waals surface area contributed by atoms with Crippen LogP contribution in [0.5, 0.6) is 0 Å². The normalized spacial score (nSPS) is 12.0. The number of hydrogen-bond donors (Lipinski definition) is 0. The van der Waals surface area contributed by atoms with Crippen molar-refractivity contribution in [2.45, 2.75) is 12.8 Å². The van der Waals surface area contributed by atoms with E-state index in [1.807, 2.05) is 0 Å². The molecule has 0 saturated carbocycles. The van der Waals surface area contributed by atoms with Gasteiger partial charge in [-0.05, 0) is 6.92 Å². The molecule has 0 aromatic carbocycles. The first-order valence-electron chi connectivity index (χ1n) is 1.84. The highest BCUT2D eigenvalue weighted by Crippen LogP contribution is 2.14. The summed E-state index contributed by atoms with van der Waals surface area (Å²) in [6, 6.07) is 0. The molecule has 0 bridgehead atoms. The van der Waals surface area contributed by atoms with E-state index < -0.39 is 12.6 Å². The van der Waals surface area contributed by atoms with E-state index in [4.69, 9.17) is 0 Å². The van der Waals surface area contributed by atoms with Gasteiger partial charge in [0.2, 0.25) is 0 Å². The molecule has 0 fully saturated rings. The van der Waals surface area contributed by atoms with Gasteiger partial charge in [-0.1, -0.05) is 0 Å². The minimum atomic E-state index is -2.95. The summed E-state index contributed by atoms with van der Waals surface area (Å²) in [6.45, 7) is -0.421. The minimum Gasteiger partial charge on any atom is -0.251 e. The molecule has 0 unspecified atom stereocenters. The van der Waals surface area contributed by atoms with Crippen molar-refractivity contribution in [2.75, 3.05) is 6.67 Å².